The quantitative estimate of drug-likeness (QED) is 0.0491. The third-order valence-corrected chi connectivity index (χ3v) is 10.2. The van der Waals surface area contributed by atoms with E-state index in [2.05, 4.69) is 19.2 Å². The predicted octanol–water partition coefficient (Wildman–Crippen LogP) is 11.9. The summed E-state index contributed by atoms with van der Waals surface area (Å²) in [4.78, 5) is 12.4. The summed E-state index contributed by atoms with van der Waals surface area (Å²) in [5.74, 6) is -0.467. The first-order valence-electron chi connectivity index (χ1n) is 21.3. The number of hydrogen-bond acceptors (Lipinski definition) is 4. The summed E-state index contributed by atoms with van der Waals surface area (Å²) in [5, 5.41) is 33.2. The Morgan fingerprint density at radius 3 is 0.957 bits per heavy atom. The lowest BCUT2D eigenvalue weighted by molar-refractivity contribution is -0.131. The monoisotopic (exact) mass is 668 g/mol. The molecule has 282 valence electrons. The van der Waals surface area contributed by atoms with Gasteiger partial charge in [-0.05, 0) is 12.8 Å². The SMILES string of the molecule is CCCCCCCCCCCCCCCCCCCCCCCC(O)C(=O)NC(CO)C(O)CCCCCCCCCCCCCC. The van der Waals surface area contributed by atoms with Crippen molar-refractivity contribution in [3.8, 4) is 0 Å². The molecule has 0 aromatic heterocycles. The molecule has 0 rings (SSSR count). The molecule has 0 aromatic carbocycles. The predicted molar refractivity (Wildman–Crippen MR) is 204 cm³/mol. The smallest absolute Gasteiger partial charge is 0.249 e. The Balaban J connectivity index is 3.56. The van der Waals surface area contributed by atoms with Gasteiger partial charge in [0.2, 0.25) is 5.91 Å². The molecule has 0 aliphatic carbocycles. The number of carbonyl (C=O) groups excluding carboxylic acids is 1. The van der Waals surface area contributed by atoms with E-state index in [1.165, 1.54) is 180 Å². The molecule has 4 N–H and O–H groups in total. The number of aliphatic hydroxyl groups is 3. The summed E-state index contributed by atoms with van der Waals surface area (Å²) in [7, 11) is 0. The highest BCUT2D eigenvalue weighted by molar-refractivity contribution is 5.80. The molecule has 0 aliphatic heterocycles. The van der Waals surface area contributed by atoms with Crippen molar-refractivity contribution >= 4 is 5.91 Å². The Labute approximate surface area is 294 Å². The van der Waals surface area contributed by atoms with Gasteiger partial charge in [-0.15, -0.1) is 0 Å². The number of nitrogens with one attached hydrogen (secondary N) is 1. The van der Waals surface area contributed by atoms with E-state index in [0.717, 1.165) is 32.1 Å². The third-order valence-electron chi connectivity index (χ3n) is 10.2. The van der Waals surface area contributed by atoms with Gasteiger partial charge in [-0.1, -0.05) is 226 Å². The Hall–Kier alpha value is -0.650. The van der Waals surface area contributed by atoms with Crippen LogP contribution in [0.5, 0.6) is 0 Å². The molecule has 0 aromatic rings. The van der Waals surface area contributed by atoms with Gasteiger partial charge < -0.3 is 20.6 Å². The first-order valence-corrected chi connectivity index (χ1v) is 21.3. The van der Waals surface area contributed by atoms with Crippen LogP contribution in [0.15, 0.2) is 0 Å². The standard InChI is InChI=1S/C42H85NO4/c1-3-5-7-9-11-13-15-17-18-19-20-21-22-23-24-25-27-29-31-33-35-37-41(46)42(47)43-39(38-44)40(45)36-34-32-30-28-26-16-14-12-10-8-6-4-2/h39-41,44-46H,3-38H2,1-2H3,(H,43,47). The molecule has 5 nitrogen and oxygen atoms in total. The number of amides is 1. The molecule has 0 fully saturated rings. The summed E-state index contributed by atoms with van der Waals surface area (Å²) in [6.07, 6.45) is 42.4. The summed E-state index contributed by atoms with van der Waals surface area (Å²) >= 11 is 0. The van der Waals surface area contributed by atoms with Crippen LogP contribution in [-0.2, 0) is 4.79 Å². The van der Waals surface area contributed by atoms with E-state index in [1.807, 2.05) is 0 Å². The van der Waals surface area contributed by atoms with Crippen LogP contribution in [-0.4, -0.2) is 46.1 Å². The van der Waals surface area contributed by atoms with Crippen LogP contribution < -0.4 is 5.32 Å². The third kappa shape index (κ3) is 33.6. The maximum atomic E-state index is 12.4. The Morgan fingerprint density at radius 2 is 0.681 bits per heavy atom. The number of hydrogen-bond donors (Lipinski definition) is 4. The number of rotatable bonds is 39. The second-order valence-corrected chi connectivity index (χ2v) is 14.9. The van der Waals surface area contributed by atoms with Gasteiger partial charge in [-0.2, -0.15) is 0 Å². The summed E-state index contributed by atoms with van der Waals surface area (Å²) in [6.45, 7) is 4.24. The van der Waals surface area contributed by atoms with Crippen molar-refractivity contribution in [2.45, 2.75) is 257 Å². The summed E-state index contributed by atoms with van der Waals surface area (Å²) in [5.41, 5.74) is 0. The average Bonchev–Trinajstić information content (AvgIpc) is 3.07. The molecule has 0 saturated carbocycles. The van der Waals surface area contributed by atoms with Crippen molar-refractivity contribution < 1.29 is 20.1 Å². The fourth-order valence-corrected chi connectivity index (χ4v) is 6.84. The van der Waals surface area contributed by atoms with E-state index in [0.29, 0.717) is 12.8 Å². The number of carbonyl (C=O) groups is 1. The minimum Gasteiger partial charge on any atom is -0.394 e. The average molecular weight is 668 g/mol. The molecule has 5 heteroatoms. The minimum atomic E-state index is -1.07. The summed E-state index contributed by atoms with van der Waals surface area (Å²) in [6, 6.07) is -0.704. The highest BCUT2D eigenvalue weighted by Gasteiger charge is 2.23. The Bertz CT molecular complexity index is 615. The first kappa shape index (κ1) is 46.4. The summed E-state index contributed by atoms with van der Waals surface area (Å²) < 4.78 is 0. The molecule has 3 unspecified atom stereocenters. The molecule has 47 heavy (non-hydrogen) atoms. The van der Waals surface area contributed by atoms with E-state index in [9.17, 15) is 20.1 Å². The maximum Gasteiger partial charge on any atom is 0.249 e. The zero-order valence-corrected chi connectivity index (χ0v) is 31.9. The van der Waals surface area contributed by atoms with Crippen LogP contribution >= 0.6 is 0 Å². The van der Waals surface area contributed by atoms with E-state index in [-0.39, 0.29) is 6.61 Å². The number of aliphatic hydroxyl groups excluding tert-OH is 3. The topological polar surface area (TPSA) is 89.8 Å². The maximum absolute atomic E-state index is 12.4. The lowest BCUT2D eigenvalue weighted by atomic mass is 10.0. The van der Waals surface area contributed by atoms with Crippen LogP contribution in [0.25, 0.3) is 0 Å². The second kappa shape index (κ2) is 38.2. The molecule has 0 bridgehead atoms. The molecule has 0 saturated heterocycles. The van der Waals surface area contributed by atoms with Gasteiger partial charge in [0, 0.05) is 0 Å². The molecular weight excluding hydrogens is 582 g/mol. The van der Waals surface area contributed by atoms with Crippen LogP contribution in [0, 0.1) is 0 Å². The van der Waals surface area contributed by atoms with Gasteiger partial charge in [0.15, 0.2) is 0 Å². The van der Waals surface area contributed by atoms with Gasteiger partial charge in [0.25, 0.3) is 0 Å². The van der Waals surface area contributed by atoms with Gasteiger partial charge >= 0.3 is 0 Å². The van der Waals surface area contributed by atoms with E-state index < -0.39 is 24.2 Å². The van der Waals surface area contributed by atoms with Gasteiger partial charge in [0.1, 0.15) is 6.10 Å². The van der Waals surface area contributed by atoms with Crippen LogP contribution in [0.3, 0.4) is 0 Å². The number of unbranched alkanes of at least 4 members (excludes halogenated alkanes) is 31. The fraction of sp³-hybridized carbons (Fsp3) is 0.976. The van der Waals surface area contributed by atoms with Crippen molar-refractivity contribution in [1.82, 2.24) is 5.32 Å². The van der Waals surface area contributed by atoms with Crippen molar-refractivity contribution in [3.05, 3.63) is 0 Å². The molecule has 3 atom stereocenters. The van der Waals surface area contributed by atoms with Gasteiger partial charge in [-0.25, -0.2) is 0 Å². The van der Waals surface area contributed by atoms with E-state index in [4.69, 9.17) is 0 Å². The largest absolute Gasteiger partial charge is 0.394 e. The molecular formula is C42H85NO4. The van der Waals surface area contributed by atoms with Crippen molar-refractivity contribution in [2.75, 3.05) is 6.61 Å². The van der Waals surface area contributed by atoms with Crippen LogP contribution in [0.1, 0.15) is 239 Å². The van der Waals surface area contributed by atoms with Crippen molar-refractivity contribution in [1.29, 1.82) is 0 Å². The van der Waals surface area contributed by atoms with E-state index >= 15 is 0 Å². The Morgan fingerprint density at radius 1 is 0.426 bits per heavy atom. The van der Waals surface area contributed by atoms with Crippen molar-refractivity contribution in [2.24, 2.45) is 0 Å². The van der Waals surface area contributed by atoms with Crippen molar-refractivity contribution in [3.63, 3.8) is 0 Å². The first-order chi connectivity index (χ1) is 23.1. The van der Waals surface area contributed by atoms with E-state index in [1.54, 1.807) is 0 Å². The normalized spacial score (nSPS) is 13.6. The highest BCUT2D eigenvalue weighted by atomic mass is 16.3. The fourth-order valence-electron chi connectivity index (χ4n) is 6.84. The molecule has 1 amide bonds. The zero-order chi connectivity index (χ0) is 34.5. The lowest BCUT2D eigenvalue weighted by Gasteiger charge is -2.23. The minimum absolute atomic E-state index is 0.308. The molecule has 0 aliphatic rings. The lowest BCUT2D eigenvalue weighted by Crippen LogP contribution is -2.49. The van der Waals surface area contributed by atoms with Crippen LogP contribution in [0.2, 0.25) is 0 Å². The molecule has 0 heterocycles. The van der Waals surface area contributed by atoms with Gasteiger partial charge in [-0.3, -0.25) is 4.79 Å². The molecule has 0 radical (unpaired) electrons. The molecule has 0 spiro atoms. The second-order valence-electron chi connectivity index (χ2n) is 14.9. The van der Waals surface area contributed by atoms with Gasteiger partial charge in [0.05, 0.1) is 18.8 Å². The van der Waals surface area contributed by atoms with Crippen LogP contribution in [0.4, 0.5) is 0 Å². The Kier molecular flexibility index (Phi) is 37.6. The zero-order valence-electron chi connectivity index (χ0n) is 31.9. The highest BCUT2D eigenvalue weighted by Crippen LogP contribution is 2.17.